The molecule has 0 saturated heterocycles. The molecule has 1 heterocycles. The lowest BCUT2D eigenvalue weighted by molar-refractivity contribution is 0.242. The SMILES string of the molecule is CNCc1ccc(CN(C)C(C)CCSC)nc1. The number of thioether (sulfide) groups is 1. The van der Waals surface area contributed by atoms with Crippen molar-refractivity contribution in [1.82, 2.24) is 15.2 Å². The second-order valence-electron chi connectivity index (χ2n) is 4.73. The van der Waals surface area contributed by atoms with Gasteiger partial charge in [0.25, 0.3) is 0 Å². The maximum atomic E-state index is 4.51. The van der Waals surface area contributed by atoms with E-state index < -0.39 is 0 Å². The predicted octanol–water partition coefficient (Wildman–Crippen LogP) is 2.37. The summed E-state index contributed by atoms with van der Waals surface area (Å²) in [5.74, 6) is 1.22. The zero-order valence-corrected chi connectivity index (χ0v) is 12.8. The Balaban J connectivity index is 2.45. The molecule has 18 heavy (non-hydrogen) atoms. The van der Waals surface area contributed by atoms with Crippen molar-refractivity contribution in [2.24, 2.45) is 0 Å². The van der Waals surface area contributed by atoms with E-state index in [9.17, 15) is 0 Å². The van der Waals surface area contributed by atoms with Crippen molar-refractivity contribution >= 4 is 11.8 Å². The number of hydrogen-bond donors (Lipinski definition) is 1. The van der Waals surface area contributed by atoms with Crippen molar-refractivity contribution in [3.05, 3.63) is 29.6 Å². The smallest absolute Gasteiger partial charge is 0.0544 e. The van der Waals surface area contributed by atoms with Gasteiger partial charge in [0.15, 0.2) is 0 Å². The summed E-state index contributed by atoms with van der Waals surface area (Å²) in [6.45, 7) is 4.09. The minimum absolute atomic E-state index is 0.608. The molecule has 0 aliphatic heterocycles. The zero-order chi connectivity index (χ0) is 13.4. The fourth-order valence-electron chi connectivity index (χ4n) is 1.78. The first-order chi connectivity index (χ1) is 8.67. The van der Waals surface area contributed by atoms with E-state index in [4.69, 9.17) is 0 Å². The van der Waals surface area contributed by atoms with Crippen LogP contribution >= 0.6 is 11.8 Å². The highest BCUT2D eigenvalue weighted by Crippen LogP contribution is 2.09. The zero-order valence-electron chi connectivity index (χ0n) is 11.9. The third-order valence-electron chi connectivity index (χ3n) is 3.17. The van der Waals surface area contributed by atoms with Crippen molar-refractivity contribution in [2.75, 3.05) is 26.1 Å². The van der Waals surface area contributed by atoms with Crippen molar-refractivity contribution < 1.29 is 0 Å². The summed E-state index contributed by atoms with van der Waals surface area (Å²) in [6, 6.07) is 4.89. The van der Waals surface area contributed by atoms with Gasteiger partial charge in [-0.25, -0.2) is 0 Å². The maximum absolute atomic E-state index is 4.51. The maximum Gasteiger partial charge on any atom is 0.0544 e. The summed E-state index contributed by atoms with van der Waals surface area (Å²) in [6.07, 6.45) is 5.36. The monoisotopic (exact) mass is 267 g/mol. The molecule has 1 atom stereocenters. The Morgan fingerprint density at radius 2 is 2.22 bits per heavy atom. The number of hydrogen-bond acceptors (Lipinski definition) is 4. The van der Waals surface area contributed by atoms with Gasteiger partial charge in [-0.2, -0.15) is 11.8 Å². The Morgan fingerprint density at radius 3 is 2.78 bits per heavy atom. The first-order valence-corrected chi connectivity index (χ1v) is 7.84. The van der Waals surface area contributed by atoms with Gasteiger partial charge in [0.2, 0.25) is 0 Å². The Bertz CT molecular complexity index is 326. The molecule has 0 bridgehead atoms. The summed E-state index contributed by atoms with van der Waals surface area (Å²) in [7, 11) is 4.13. The first kappa shape index (κ1) is 15.5. The van der Waals surface area contributed by atoms with Crippen molar-refractivity contribution in [3.8, 4) is 0 Å². The quantitative estimate of drug-likeness (QED) is 0.783. The molecule has 0 amide bonds. The Hall–Kier alpha value is -0.580. The fourth-order valence-corrected chi connectivity index (χ4v) is 2.35. The molecule has 0 fully saturated rings. The van der Waals surface area contributed by atoms with Crippen LogP contribution in [0.4, 0.5) is 0 Å². The van der Waals surface area contributed by atoms with Crippen LogP contribution in [-0.2, 0) is 13.1 Å². The van der Waals surface area contributed by atoms with E-state index in [1.165, 1.54) is 17.7 Å². The normalized spacial score (nSPS) is 12.9. The molecule has 0 aromatic carbocycles. The van der Waals surface area contributed by atoms with Gasteiger partial charge >= 0.3 is 0 Å². The van der Waals surface area contributed by atoms with Crippen LogP contribution in [0.25, 0.3) is 0 Å². The summed E-state index contributed by atoms with van der Waals surface area (Å²) in [5.41, 5.74) is 2.38. The van der Waals surface area contributed by atoms with Gasteiger partial charge in [-0.3, -0.25) is 9.88 Å². The van der Waals surface area contributed by atoms with Crippen molar-refractivity contribution in [1.29, 1.82) is 0 Å². The van der Waals surface area contributed by atoms with Gasteiger partial charge in [-0.1, -0.05) is 6.07 Å². The van der Waals surface area contributed by atoms with Crippen LogP contribution < -0.4 is 5.32 Å². The standard InChI is InChI=1S/C14H25N3S/c1-12(7-8-18-4)17(3)11-14-6-5-13(9-15-2)10-16-14/h5-6,10,12,15H,7-9,11H2,1-4H3. The number of pyridine rings is 1. The van der Waals surface area contributed by atoms with Crippen LogP contribution in [0.2, 0.25) is 0 Å². The molecule has 1 N–H and O–H groups in total. The molecule has 1 unspecified atom stereocenters. The van der Waals surface area contributed by atoms with Crippen LogP contribution in [-0.4, -0.2) is 42.0 Å². The average Bonchev–Trinajstić information content (AvgIpc) is 2.38. The molecule has 1 aromatic heterocycles. The molecule has 4 heteroatoms. The molecule has 0 radical (unpaired) electrons. The van der Waals surface area contributed by atoms with Gasteiger partial charge in [0.05, 0.1) is 5.69 Å². The lowest BCUT2D eigenvalue weighted by Crippen LogP contribution is -2.29. The number of aromatic nitrogens is 1. The first-order valence-electron chi connectivity index (χ1n) is 6.45. The predicted molar refractivity (Wildman–Crippen MR) is 80.9 cm³/mol. The molecule has 0 aliphatic carbocycles. The summed E-state index contributed by atoms with van der Waals surface area (Å²) < 4.78 is 0. The Morgan fingerprint density at radius 1 is 1.44 bits per heavy atom. The third-order valence-corrected chi connectivity index (χ3v) is 3.81. The summed E-state index contributed by atoms with van der Waals surface area (Å²) in [5, 5.41) is 3.13. The average molecular weight is 267 g/mol. The number of nitrogens with zero attached hydrogens (tertiary/aromatic N) is 2. The summed E-state index contributed by atoms with van der Waals surface area (Å²) >= 11 is 1.91. The van der Waals surface area contributed by atoms with Crippen LogP contribution in [0.5, 0.6) is 0 Å². The minimum Gasteiger partial charge on any atom is -0.316 e. The third kappa shape index (κ3) is 5.38. The van der Waals surface area contributed by atoms with Crippen LogP contribution in [0.1, 0.15) is 24.6 Å². The fraction of sp³-hybridized carbons (Fsp3) is 0.643. The molecule has 0 spiro atoms. The molecule has 102 valence electrons. The molecule has 3 nitrogen and oxygen atoms in total. The van der Waals surface area contributed by atoms with Gasteiger partial charge in [0, 0.05) is 25.3 Å². The van der Waals surface area contributed by atoms with E-state index >= 15 is 0 Å². The molecule has 1 aromatic rings. The highest BCUT2D eigenvalue weighted by molar-refractivity contribution is 7.98. The van der Waals surface area contributed by atoms with Gasteiger partial charge in [-0.05, 0) is 51.1 Å². The topological polar surface area (TPSA) is 28.2 Å². The molecule has 0 aliphatic rings. The van der Waals surface area contributed by atoms with E-state index in [-0.39, 0.29) is 0 Å². The number of nitrogens with one attached hydrogen (secondary N) is 1. The van der Waals surface area contributed by atoms with E-state index in [2.05, 4.69) is 47.6 Å². The Labute approximate surface area is 115 Å². The number of rotatable bonds is 8. The molecular formula is C14H25N3S. The van der Waals surface area contributed by atoms with Crippen LogP contribution in [0.3, 0.4) is 0 Å². The minimum atomic E-state index is 0.608. The van der Waals surface area contributed by atoms with Gasteiger partial charge in [-0.15, -0.1) is 0 Å². The molecule has 1 rings (SSSR count). The second-order valence-corrected chi connectivity index (χ2v) is 5.72. The summed E-state index contributed by atoms with van der Waals surface area (Å²) in [4.78, 5) is 6.88. The van der Waals surface area contributed by atoms with Gasteiger partial charge < -0.3 is 5.32 Å². The van der Waals surface area contributed by atoms with Crippen LogP contribution in [0.15, 0.2) is 18.3 Å². The lowest BCUT2D eigenvalue weighted by Gasteiger charge is -2.24. The van der Waals surface area contributed by atoms with Crippen molar-refractivity contribution in [2.45, 2.75) is 32.5 Å². The van der Waals surface area contributed by atoms with E-state index in [0.717, 1.165) is 18.8 Å². The molecular weight excluding hydrogens is 242 g/mol. The van der Waals surface area contributed by atoms with E-state index in [1.807, 2.05) is 25.0 Å². The van der Waals surface area contributed by atoms with Crippen LogP contribution in [0, 0.1) is 0 Å². The second kappa shape index (κ2) is 8.51. The van der Waals surface area contributed by atoms with E-state index in [1.54, 1.807) is 0 Å². The van der Waals surface area contributed by atoms with Gasteiger partial charge in [0.1, 0.15) is 0 Å². The van der Waals surface area contributed by atoms with Crippen molar-refractivity contribution in [3.63, 3.8) is 0 Å². The Kier molecular flexibility index (Phi) is 7.32. The highest BCUT2D eigenvalue weighted by Gasteiger charge is 2.09. The van der Waals surface area contributed by atoms with E-state index in [0.29, 0.717) is 6.04 Å². The molecule has 0 saturated carbocycles. The lowest BCUT2D eigenvalue weighted by atomic mass is 10.2. The highest BCUT2D eigenvalue weighted by atomic mass is 32.2. The largest absolute Gasteiger partial charge is 0.316 e.